The molecule has 4 nitrogen and oxygen atoms in total. The van der Waals surface area contributed by atoms with Gasteiger partial charge >= 0.3 is 0 Å². The molecule has 2 aromatic carbocycles. The number of nitrogens with two attached hydrogens (primary N) is 1. The molecule has 1 heterocycles. The highest BCUT2D eigenvalue weighted by molar-refractivity contribution is 5.47. The minimum atomic E-state index is 0.673. The number of hydrogen-bond acceptors (Lipinski definition) is 3. The lowest BCUT2D eigenvalue weighted by atomic mass is 10.1. The molecule has 0 saturated carbocycles. The van der Waals surface area contributed by atoms with Crippen LogP contribution in [0.1, 0.15) is 22.5 Å². The average molecular weight is 288 g/mol. The second-order valence-electron chi connectivity index (χ2n) is 5.16. The fraction of sp³-hybridized carbons (Fsp3) is 0.111. The molecule has 3 aromatic rings. The Morgan fingerprint density at radius 2 is 1.86 bits per heavy atom. The van der Waals surface area contributed by atoms with Crippen molar-refractivity contribution < 1.29 is 0 Å². The molecule has 22 heavy (non-hydrogen) atoms. The van der Waals surface area contributed by atoms with Gasteiger partial charge < -0.3 is 10.3 Å². The lowest BCUT2D eigenvalue weighted by Crippen LogP contribution is -2.06. The van der Waals surface area contributed by atoms with Crippen molar-refractivity contribution in [1.29, 1.82) is 5.26 Å². The van der Waals surface area contributed by atoms with Gasteiger partial charge in [-0.25, -0.2) is 4.98 Å². The maximum Gasteiger partial charge on any atom is 0.113 e. The van der Waals surface area contributed by atoms with E-state index >= 15 is 0 Å². The van der Waals surface area contributed by atoms with Crippen LogP contribution in [0.4, 0.5) is 5.69 Å². The van der Waals surface area contributed by atoms with Gasteiger partial charge in [0.2, 0.25) is 0 Å². The molecule has 0 aliphatic carbocycles. The van der Waals surface area contributed by atoms with E-state index in [1.165, 1.54) is 0 Å². The zero-order chi connectivity index (χ0) is 15.4. The summed E-state index contributed by atoms with van der Waals surface area (Å²) < 4.78 is 2.10. The van der Waals surface area contributed by atoms with Gasteiger partial charge in [0.25, 0.3) is 0 Å². The van der Waals surface area contributed by atoms with Crippen molar-refractivity contribution in [2.45, 2.75) is 13.0 Å². The van der Waals surface area contributed by atoms with Crippen LogP contribution in [0.2, 0.25) is 0 Å². The summed E-state index contributed by atoms with van der Waals surface area (Å²) in [4.78, 5) is 4.44. The van der Waals surface area contributed by atoms with Crippen LogP contribution in [0.25, 0.3) is 0 Å². The Morgan fingerprint density at radius 1 is 1.09 bits per heavy atom. The van der Waals surface area contributed by atoms with E-state index in [0.29, 0.717) is 12.0 Å². The molecule has 4 heteroatoms. The molecular weight excluding hydrogens is 272 g/mol. The maximum atomic E-state index is 8.84. The SMILES string of the molecule is N#Cc1ccc(Cn2ccnc2Cc2ccccc2N)cc1. The molecule has 108 valence electrons. The van der Waals surface area contributed by atoms with E-state index in [9.17, 15) is 0 Å². The largest absolute Gasteiger partial charge is 0.398 e. The average Bonchev–Trinajstić information content (AvgIpc) is 2.97. The first-order valence-electron chi connectivity index (χ1n) is 7.08. The van der Waals surface area contributed by atoms with Gasteiger partial charge in [-0.2, -0.15) is 5.26 Å². The minimum Gasteiger partial charge on any atom is -0.398 e. The second kappa shape index (κ2) is 6.15. The van der Waals surface area contributed by atoms with Gasteiger partial charge in [-0.1, -0.05) is 30.3 Å². The maximum absolute atomic E-state index is 8.84. The number of rotatable bonds is 4. The third-order valence-corrected chi connectivity index (χ3v) is 3.64. The van der Waals surface area contributed by atoms with Crippen molar-refractivity contribution in [3.05, 3.63) is 83.4 Å². The summed E-state index contributed by atoms with van der Waals surface area (Å²) in [6.07, 6.45) is 4.47. The van der Waals surface area contributed by atoms with E-state index in [4.69, 9.17) is 11.0 Å². The Kier molecular flexibility index (Phi) is 3.88. The number of nitriles is 1. The van der Waals surface area contributed by atoms with E-state index in [-0.39, 0.29) is 0 Å². The molecule has 1 aromatic heterocycles. The monoisotopic (exact) mass is 288 g/mol. The van der Waals surface area contributed by atoms with E-state index in [0.717, 1.165) is 29.2 Å². The number of imidazole rings is 1. The minimum absolute atomic E-state index is 0.673. The van der Waals surface area contributed by atoms with Gasteiger partial charge in [-0.15, -0.1) is 0 Å². The van der Waals surface area contributed by atoms with Gasteiger partial charge in [-0.3, -0.25) is 0 Å². The predicted octanol–water partition coefficient (Wildman–Crippen LogP) is 2.98. The standard InChI is InChI=1S/C18H16N4/c19-12-14-5-7-15(8-6-14)13-22-10-9-21-18(22)11-16-3-1-2-4-17(16)20/h1-10H,11,13,20H2. The highest BCUT2D eigenvalue weighted by Crippen LogP contribution is 2.16. The molecule has 0 fully saturated rings. The number of benzene rings is 2. The van der Waals surface area contributed by atoms with Gasteiger partial charge in [0, 0.05) is 31.0 Å². The van der Waals surface area contributed by atoms with Crippen LogP contribution in [-0.4, -0.2) is 9.55 Å². The van der Waals surface area contributed by atoms with Gasteiger partial charge in [-0.05, 0) is 29.3 Å². The van der Waals surface area contributed by atoms with E-state index in [1.54, 1.807) is 6.20 Å². The van der Waals surface area contributed by atoms with Crippen molar-refractivity contribution in [2.24, 2.45) is 0 Å². The highest BCUT2D eigenvalue weighted by Gasteiger charge is 2.07. The van der Waals surface area contributed by atoms with Crippen LogP contribution in [-0.2, 0) is 13.0 Å². The zero-order valence-corrected chi connectivity index (χ0v) is 12.1. The predicted molar refractivity (Wildman–Crippen MR) is 86.1 cm³/mol. The van der Waals surface area contributed by atoms with E-state index in [2.05, 4.69) is 15.6 Å². The number of anilines is 1. The van der Waals surface area contributed by atoms with Crippen molar-refractivity contribution >= 4 is 5.69 Å². The van der Waals surface area contributed by atoms with Gasteiger partial charge in [0.15, 0.2) is 0 Å². The number of hydrogen-bond donors (Lipinski definition) is 1. The van der Waals surface area contributed by atoms with Gasteiger partial charge in [0.05, 0.1) is 11.6 Å². The summed E-state index contributed by atoms with van der Waals surface area (Å²) in [5, 5.41) is 8.84. The lowest BCUT2D eigenvalue weighted by molar-refractivity contribution is 0.741. The first-order chi connectivity index (χ1) is 10.8. The summed E-state index contributed by atoms with van der Waals surface area (Å²) >= 11 is 0. The number of nitrogen functional groups attached to an aromatic ring is 1. The molecule has 0 amide bonds. The molecular formula is C18H16N4. The molecule has 3 rings (SSSR count). The van der Waals surface area contributed by atoms with Crippen LogP contribution in [0, 0.1) is 11.3 Å². The molecule has 0 bridgehead atoms. The number of aromatic nitrogens is 2. The molecule has 0 atom stereocenters. The fourth-order valence-electron chi connectivity index (χ4n) is 2.40. The van der Waals surface area contributed by atoms with Crippen molar-refractivity contribution in [3.63, 3.8) is 0 Å². The smallest absolute Gasteiger partial charge is 0.113 e. The van der Waals surface area contributed by atoms with Gasteiger partial charge in [0.1, 0.15) is 5.82 Å². The summed E-state index contributed by atoms with van der Waals surface area (Å²) in [6.45, 7) is 0.730. The molecule has 2 N–H and O–H groups in total. The zero-order valence-electron chi connectivity index (χ0n) is 12.1. The quantitative estimate of drug-likeness (QED) is 0.750. The summed E-state index contributed by atoms with van der Waals surface area (Å²) in [7, 11) is 0. The highest BCUT2D eigenvalue weighted by atomic mass is 15.1. The molecule has 0 spiro atoms. The van der Waals surface area contributed by atoms with Crippen LogP contribution in [0.3, 0.4) is 0 Å². The topological polar surface area (TPSA) is 67.6 Å². The second-order valence-corrected chi connectivity index (χ2v) is 5.16. The van der Waals surface area contributed by atoms with Crippen LogP contribution >= 0.6 is 0 Å². The van der Waals surface area contributed by atoms with Crippen molar-refractivity contribution in [1.82, 2.24) is 9.55 Å². The third kappa shape index (κ3) is 2.99. The normalized spacial score (nSPS) is 10.3. The van der Waals surface area contributed by atoms with E-state index < -0.39 is 0 Å². The molecule has 0 aliphatic rings. The fourth-order valence-corrected chi connectivity index (χ4v) is 2.40. The summed E-state index contributed by atoms with van der Waals surface area (Å²) in [5.74, 6) is 0.974. The number of nitrogens with zero attached hydrogens (tertiary/aromatic N) is 3. The van der Waals surface area contributed by atoms with Crippen molar-refractivity contribution in [2.75, 3.05) is 5.73 Å². The van der Waals surface area contributed by atoms with Crippen LogP contribution < -0.4 is 5.73 Å². The molecule has 0 saturated heterocycles. The Hall–Kier alpha value is -3.06. The Morgan fingerprint density at radius 3 is 2.59 bits per heavy atom. The molecule has 0 radical (unpaired) electrons. The number of para-hydroxylation sites is 1. The summed E-state index contributed by atoms with van der Waals surface area (Å²) in [5.41, 5.74) is 9.68. The van der Waals surface area contributed by atoms with Crippen LogP contribution in [0.15, 0.2) is 60.9 Å². The summed E-state index contributed by atoms with van der Waals surface area (Å²) in [6, 6.07) is 17.6. The third-order valence-electron chi connectivity index (χ3n) is 3.64. The van der Waals surface area contributed by atoms with E-state index in [1.807, 2.05) is 54.7 Å². The molecule has 0 aliphatic heterocycles. The Balaban J connectivity index is 1.80. The first kappa shape index (κ1) is 13.9. The lowest BCUT2D eigenvalue weighted by Gasteiger charge is -2.09. The molecule has 0 unspecified atom stereocenters. The van der Waals surface area contributed by atoms with Crippen molar-refractivity contribution in [3.8, 4) is 6.07 Å². The Bertz CT molecular complexity index is 810. The Labute approximate surface area is 129 Å². The van der Waals surface area contributed by atoms with Crippen LogP contribution in [0.5, 0.6) is 0 Å². The first-order valence-corrected chi connectivity index (χ1v) is 7.08.